The molecule has 2 rings (SSSR count). The van der Waals surface area contributed by atoms with E-state index in [0.29, 0.717) is 0 Å². The third-order valence-corrected chi connectivity index (χ3v) is 3.34. The van der Waals surface area contributed by atoms with Gasteiger partial charge in [0.2, 0.25) is 0 Å². The van der Waals surface area contributed by atoms with E-state index in [2.05, 4.69) is 37.3 Å². The second kappa shape index (κ2) is 3.95. The Morgan fingerprint density at radius 1 is 1.00 bits per heavy atom. The Kier molecular flexibility index (Phi) is 2.68. The predicted octanol–water partition coefficient (Wildman–Crippen LogP) is 3.98. The molecular weight excluding hydrogens is 156 g/mol. The molecule has 0 radical (unpaired) electrons. The SMILES string of the molecule is CC1CCCC[C@H]1c1ccccc1. The minimum absolute atomic E-state index is 0.829. The molecule has 1 aromatic rings. The fourth-order valence-electron chi connectivity index (χ4n) is 2.51. The van der Waals surface area contributed by atoms with E-state index in [1.165, 1.54) is 25.7 Å². The van der Waals surface area contributed by atoms with Crippen LogP contribution in [-0.4, -0.2) is 0 Å². The molecule has 1 aliphatic rings. The normalized spacial score (nSPS) is 28.7. The molecule has 1 fully saturated rings. The van der Waals surface area contributed by atoms with Crippen LogP contribution in [0.15, 0.2) is 30.3 Å². The Bertz CT molecular complexity index is 250. The predicted molar refractivity (Wildman–Crippen MR) is 56.8 cm³/mol. The van der Waals surface area contributed by atoms with Gasteiger partial charge in [0.1, 0.15) is 0 Å². The van der Waals surface area contributed by atoms with Crippen LogP contribution in [0.4, 0.5) is 0 Å². The highest BCUT2D eigenvalue weighted by molar-refractivity contribution is 5.20. The summed E-state index contributed by atoms with van der Waals surface area (Å²) in [5.74, 6) is 1.71. The van der Waals surface area contributed by atoms with E-state index < -0.39 is 0 Å². The van der Waals surface area contributed by atoms with Crippen molar-refractivity contribution in [3.8, 4) is 0 Å². The zero-order chi connectivity index (χ0) is 9.10. The van der Waals surface area contributed by atoms with Crippen molar-refractivity contribution in [1.29, 1.82) is 0 Å². The molecule has 0 nitrogen and oxygen atoms in total. The summed E-state index contributed by atoms with van der Waals surface area (Å²) in [5, 5.41) is 0. The standard InChI is InChI=1S/C13H18/c1-11-7-5-6-10-13(11)12-8-3-2-4-9-12/h2-4,8-9,11,13H,5-7,10H2,1H3/t11?,13-/m1/s1. The minimum atomic E-state index is 0.829. The van der Waals surface area contributed by atoms with Crippen molar-refractivity contribution in [3.05, 3.63) is 35.9 Å². The van der Waals surface area contributed by atoms with Gasteiger partial charge < -0.3 is 0 Å². The topological polar surface area (TPSA) is 0 Å². The molecular formula is C13H18. The third kappa shape index (κ3) is 1.93. The molecule has 0 bridgehead atoms. The molecule has 0 amide bonds. The van der Waals surface area contributed by atoms with Crippen LogP contribution in [0, 0.1) is 5.92 Å². The molecule has 2 atom stereocenters. The van der Waals surface area contributed by atoms with Crippen LogP contribution in [0.5, 0.6) is 0 Å². The summed E-state index contributed by atoms with van der Waals surface area (Å²) in [4.78, 5) is 0. The van der Waals surface area contributed by atoms with Gasteiger partial charge in [0.15, 0.2) is 0 Å². The lowest BCUT2D eigenvalue weighted by molar-refractivity contribution is 0.330. The van der Waals surface area contributed by atoms with E-state index >= 15 is 0 Å². The van der Waals surface area contributed by atoms with Gasteiger partial charge in [-0.25, -0.2) is 0 Å². The second-order valence-corrected chi connectivity index (χ2v) is 4.28. The maximum atomic E-state index is 2.40. The van der Waals surface area contributed by atoms with Crippen LogP contribution >= 0.6 is 0 Å². The van der Waals surface area contributed by atoms with Crippen LogP contribution in [0.25, 0.3) is 0 Å². The fraction of sp³-hybridized carbons (Fsp3) is 0.538. The Morgan fingerprint density at radius 2 is 1.69 bits per heavy atom. The molecule has 1 saturated carbocycles. The number of hydrogen-bond donors (Lipinski definition) is 0. The summed E-state index contributed by atoms with van der Waals surface area (Å²) in [6, 6.07) is 11.0. The first-order valence-electron chi connectivity index (χ1n) is 5.43. The molecule has 1 aliphatic carbocycles. The molecule has 70 valence electrons. The van der Waals surface area contributed by atoms with Gasteiger partial charge in [-0.3, -0.25) is 0 Å². The minimum Gasteiger partial charge on any atom is -0.0622 e. The molecule has 1 aromatic carbocycles. The third-order valence-electron chi connectivity index (χ3n) is 3.34. The zero-order valence-corrected chi connectivity index (χ0v) is 8.37. The molecule has 0 saturated heterocycles. The fourth-order valence-corrected chi connectivity index (χ4v) is 2.51. The van der Waals surface area contributed by atoms with Crippen molar-refractivity contribution in [2.24, 2.45) is 5.92 Å². The van der Waals surface area contributed by atoms with E-state index in [0.717, 1.165) is 11.8 Å². The van der Waals surface area contributed by atoms with Crippen molar-refractivity contribution < 1.29 is 0 Å². The quantitative estimate of drug-likeness (QED) is 0.604. The van der Waals surface area contributed by atoms with E-state index in [4.69, 9.17) is 0 Å². The number of hydrogen-bond acceptors (Lipinski definition) is 0. The zero-order valence-electron chi connectivity index (χ0n) is 8.37. The summed E-state index contributed by atoms with van der Waals surface area (Å²) < 4.78 is 0. The number of benzene rings is 1. The first-order valence-corrected chi connectivity index (χ1v) is 5.43. The van der Waals surface area contributed by atoms with E-state index in [9.17, 15) is 0 Å². The molecule has 0 spiro atoms. The Labute approximate surface area is 81.0 Å². The second-order valence-electron chi connectivity index (χ2n) is 4.28. The molecule has 13 heavy (non-hydrogen) atoms. The monoisotopic (exact) mass is 174 g/mol. The van der Waals surface area contributed by atoms with Gasteiger partial charge in [0, 0.05) is 0 Å². The molecule has 0 aliphatic heterocycles. The lowest BCUT2D eigenvalue weighted by Gasteiger charge is -2.29. The van der Waals surface area contributed by atoms with E-state index in [1.807, 2.05) is 0 Å². The molecule has 0 heterocycles. The lowest BCUT2D eigenvalue weighted by atomic mass is 9.76. The van der Waals surface area contributed by atoms with E-state index in [-0.39, 0.29) is 0 Å². The Balaban J connectivity index is 2.15. The Morgan fingerprint density at radius 3 is 2.38 bits per heavy atom. The highest BCUT2D eigenvalue weighted by atomic mass is 14.3. The van der Waals surface area contributed by atoms with Gasteiger partial charge in [0.05, 0.1) is 0 Å². The van der Waals surface area contributed by atoms with Crippen molar-refractivity contribution in [1.82, 2.24) is 0 Å². The summed E-state index contributed by atoms with van der Waals surface area (Å²) in [7, 11) is 0. The lowest BCUT2D eigenvalue weighted by Crippen LogP contribution is -2.14. The van der Waals surface area contributed by atoms with Gasteiger partial charge in [-0.15, -0.1) is 0 Å². The summed E-state index contributed by atoms with van der Waals surface area (Å²) in [6.07, 6.45) is 5.67. The Hall–Kier alpha value is -0.780. The highest BCUT2D eigenvalue weighted by Crippen LogP contribution is 2.36. The van der Waals surface area contributed by atoms with Crippen molar-refractivity contribution in [2.45, 2.75) is 38.5 Å². The summed E-state index contributed by atoms with van der Waals surface area (Å²) >= 11 is 0. The average Bonchev–Trinajstić information content (AvgIpc) is 2.20. The number of rotatable bonds is 1. The smallest absolute Gasteiger partial charge is 0.0136 e. The van der Waals surface area contributed by atoms with Crippen LogP contribution in [0.2, 0.25) is 0 Å². The van der Waals surface area contributed by atoms with Crippen LogP contribution in [0.3, 0.4) is 0 Å². The first kappa shape index (κ1) is 8.80. The maximum Gasteiger partial charge on any atom is -0.0136 e. The van der Waals surface area contributed by atoms with Gasteiger partial charge >= 0.3 is 0 Å². The van der Waals surface area contributed by atoms with E-state index in [1.54, 1.807) is 5.56 Å². The summed E-state index contributed by atoms with van der Waals surface area (Å²) in [5.41, 5.74) is 1.55. The molecule has 1 unspecified atom stereocenters. The molecule has 0 heteroatoms. The van der Waals surface area contributed by atoms with Gasteiger partial charge in [-0.1, -0.05) is 56.5 Å². The first-order chi connectivity index (χ1) is 6.38. The maximum absolute atomic E-state index is 2.40. The average molecular weight is 174 g/mol. The van der Waals surface area contributed by atoms with Crippen molar-refractivity contribution >= 4 is 0 Å². The van der Waals surface area contributed by atoms with Crippen molar-refractivity contribution in [2.75, 3.05) is 0 Å². The van der Waals surface area contributed by atoms with Crippen LogP contribution in [-0.2, 0) is 0 Å². The molecule has 0 N–H and O–H groups in total. The molecule has 0 aromatic heterocycles. The van der Waals surface area contributed by atoms with Gasteiger partial charge in [0.25, 0.3) is 0 Å². The van der Waals surface area contributed by atoms with Crippen LogP contribution < -0.4 is 0 Å². The van der Waals surface area contributed by atoms with Crippen LogP contribution in [0.1, 0.15) is 44.1 Å². The largest absolute Gasteiger partial charge is 0.0622 e. The highest BCUT2D eigenvalue weighted by Gasteiger charge is 2.22. The van der Waals surface area contributed by atoms with Crippen molar-refractivity contribution in [3.63, 3.8) is 0 Å². The van der Waals surface area contributed by atoms with Gasteiger partial charge in [-0.2, -0.15) is 0 Å². The van der Waals surface area contributed by atoms with Gasteiger partial charge in [-0.05, 0) is 23.8 Å². The summed E-state index contributed by atoms with van der Waals surface area (Å²) in [6.45, 7) is 2.40.